The maximum atomic E-state index is 14.3. The number of aryl methyl sites for hydroxylation is 3. The molecule has 0 aliphatic carbocycles. The van der Waals surface area contributed by atoms with Crippen LogP contribution in [0.15, 0.2) is 36.4 Å². The van der Waals surface area contributed by atoms with Gasteiger partial charge in [-0.1, -0.05) is 25.5 Å². The monoisotopic (exact) mass is 322 g/mol. The molecule has 1 aromatic heterocycles. The Morgan fingerprint density at radius 3 is 2.33 bits per heavy atom. The fraction of sp³-hybridized carbons (Fsp3) is 0.318. The molecule has 2 heteroatoms. The van der Waals surface area contributed by atoms with Gasteiger partial charge in [-0.3, -0.25) is 0 Å². The number of aromatic nitrogens is 1. The minimum absolute atomic E-state index is 0.118. The molecule has 3 rings (SSSR count). The van der Waals surface area contributed by atoms with E-state index in [1.807, 2.05) is 19.9 Å². The number of rotatable bonds is 2. The first-order valence-electron chi connectivity index (χ1n) is 8.50. The van der Waals surface area contributed by atoms with Gasteiger partial charge in [-0.05, 0) is 56.0 Å². The Kier molecular flexibility index (Phi) is 4.16. The van der Waals surface area contributed by atoms with E-state index in [0.717, 1.165) is 22.2 Å². The second kappa shape index (κ2) is 6.01. The summed E-state index contributed by atoms with van der Waals surface area (Å²) in [5.41, 5.74) is 8.12. The summed E-state index contributed by atoms with van der Waals surface area (Å²) < 4.78 is 16.5. The van der Waals surface area contributed by atoms with Gasteiger partial charge in [0.25, 0.3) is 0 Å². The van der Waals surface area contributed by atoms with Crippen molar-refractivity contribution in [1.82, 2.24) is 0 Å². The third-order valence-corrected chi connectivity index (χ3v) is 5.01. The van der Waals surface area contributed by atoms with Crippen LogP contribution in [0.25, 0.3) is 22.2 Å². The Hall–Kier alpha value is -2.22. The summed E-state index contributed by atoms with van der Waals surface area (Å²) in [4.78, 5) is 0. The van der Waals surface area contributed by atoms with Crippen LogP contribution in [-0.2, 0) is 7.05 Å². The Bertz CT molecular complexity index is 939. The first kappa shape index (κ1) is 16.6. The molecule has 0 atom stereocenters. The molecule has 0 aliphatic rings. The highest BCUT2D eigenvalue weighted by molar-refractivity contribution is 5.82. The standard InChI is InChI=1S/C22H25FN/c1-13(2)22-17-7-9-21(24(6)20(17)10-8-19(22)23)18-12-14(3)11-15(4)16(18)5/h7-13H,1-6H3/q+1. The predicted octanol–water partition coefficient (Wildman–Crippen LogP) is 5.52. The van der Waals surface area contributed by atoms with Crippen LogP contribution in [0, 0.1) is 26.6 Å². The van der Waals surface area contributed by atoms with E-state index in [9.17, 15) is 4.39 Å². The fourth-order valence-electron chi connectivity index (χ4n) is 3.63. The van der Waals surface area contributed by atoms with Crippen LogP contribution < -0.4 is 4.57 Å². The summed E-state index contributed by atoms with van der Waals surface area (Å²) in [5, 5.41) is 0.998. The Balaban J connectivity index is 2.34. The summed E-state index contributed by atoms with van der Waals surface area (Å²) in [5.74, 6) is 0.0373. The van der Waals surface area contributed by atoms with Crippen molar-refractivity contribution in [1.29, 1.82) is 0 Å². The van der Waals surface area contributed by atoms with E-state index in [-0.39, 0.29) is 11.7 Å². The Labute approximate surface area is 143 Å². The first-order valence-corrected chi connectivity index (χ1v) is 8.50. The molecule has 3 aromatic rings. The van der Waals surface area contributed by atoms with Crippen LogP contribution in [0.3, 0.4) is 0 Å². The molecule has 24 heavy (non-hydrogen) atoms. The number of fused-ring (bicyclic) bond motifs is 1. The van der Waals surface area contributed by atoms with E-state index >= 15 is 0 Å². The highest BCUT2D eigenvalue weighted by Crippen LogP contribution is 2.30. The average molecular weight is 322 g/mol. The van der Waals surface area contributed by atoms with Gasteiger partial charge in [0.15, 0.2) is 0 Å². The quantitative estimate of drug-likeness (QED) is 0.547. The highest BCUT2D eigenvalue weighted by Gasteiger charge is 2.21. The van der Waals surface area contributed by atoms with Gasteiger partial charge in [-0.2, -0.15) is 4.57 Å². The normalized spacial score (nSPS) is 11.5. The van der Waals surface area contributed by atoms with E-state index in [1.165, 1.54) is 22.3 Å². The topological polar surface area (TPSA) is 3.88 Å². The van der Waals surface area contributed by atoms with E-state index in [1.54, 1.807) is 6.07 Å². The molecule has 2 aromatic carbocycles. The number of benzene rings is 2. The third-order valence-electron chi connectivity index (χ3n) is 5.01. The lowest BCUT2D eigenvalue weighted by molar-refractivity contribution is -0.633. The van der Waals surface area contributed by atoms with Crippen molar-refractivity contribution in [2.45, 2.75) is 40.5 Å². The summed E-state index contributed by atoms with van der Waals surface area (Å²) in [6.45, 7) is 10.5. The van der Waals surface area contributed by atoms with Crippen molar-refractivity contribution in [3.8, 4) is 11.3 Å². The van der Waals surface area contributed by atoms with Gasteiger partial charge < -0.3 is 0 Å². The summed E-state index contributed by atoms with van der Waals surface area (Å²) in [6, 6.07) is 12.1. The second-order valence-corrected chi connectivity index (χ2v) is 7.08. The maximum Gasteiger partial charge on any atom is 0.213 e. The van der Waals surface area contributed by atoms with Crippen LogP contribution >= 0.6 is 0 Å². The van der Waals surface area contributed by atoms with Gasteiger partial charge in [0.2, 0.25) is 11.2 Å². The second-order valence-electron chi connectivity index (χ2n) is 7.08. The zero-order valence-electron chi connectivity index (χ0n) is 15.4. The van der Waals surface area contributed by atoms with Crippen LogP contribution in [-0.4, -0.2) is 0 Å². The lowest BCUT2D eigenvalue weighted by Gasteiger charge is -2.13. The molecule has 1 nitrogen and oxygen atoms in total. The van der Waals surface area contributed by atoms with Gasteiger partial charge in [0, 0.05) is 23.3 Å². The number of hydrogen-bond acceptors (Lipinski definition) is 0. The average Bonchev–Trinajstić information content (AvgIpc) is 2.51. The molecule has 1 heterocycles. The van der Waals surface area contributed by atoms with Gasteiger partial charge in [0.1, 0.15) is 12.9 Å². The zero-order valence-corrected chi connectivity index (χ0v) is 15.4. The number of hydrogen-bond donors (Lipinski definition) is 0. The fourth-order valence-corrected chi connectivity index (χ4v) is 3.63. The third kappa shape index (κ3) is 2.60. The van der Waals surface area contributed by atoms with E-state index in [0.29, 0.717) is 0 Å². The summed E-state index contributed by atoms with van der Waals surface area (Å²) in [7, 11) is 2.07. The summed E-state index contributed by atoms with van der Waals surface area (Å²) in [6.07, 6.45) is 0. The minimum atomic E-state index is -0.118. The van der Waals surface area contributed by atoms with Crippen molar-refractivity contribution in [3.05, 3.63) is 64.5 Å². The van der Waals surface area contributed by atoms with E-state index < -0.39 is 0 Å². The molecular formula is C22H25FN+. The maximum absolute atomic E-state index is 14.3. The molecule has 0 aliphatic heterocycles. The van der Waals surface area contributed by atoms with Crippen molar-refractivity contribution >= 4 is 10.9 Å². The van der Waals surface area contributed by atoms with Crippen molar-refractivity contribution in [3.63, 3.8) is 0 Å². The van der Waals surface area contributed by atoms with E-state index in [4.69, 9.17) is 0 Å². The molecule has 0 saturated heterocycles. The molecule has 0 N–H and O–H groups in total. The molecular weight excluding hydrogens is 297 g/mol. The molecule has 0 saturated carbocycles. The van der Waals surface area contributed by atoms with Crippen LogP contribution in [0.2, 0.25) is 0 Å². The number of pyridine rings is 1. The molecule has 0 bridgehead atoms. The minimum Gasteiger partial charge on any atom is -0.207 e. The smallest absolute Gasteiger partial charge is 0.207 e. The lowest BCUT2D eigenvalue weighted by Crippen LogP contribution is -2.32. The molecule has 0 radical (unpaired) electrons. The lowest BCUT2D eigenvalue weighted by atomic mass is 9.94. The molecule has 124 valence electrons. The molecule has 0 unspecified atom stereocenters. The highest BCUT2D eigenvalue weighted by atomic mass is 19.1. The first-order chi connectivity index (χ1) is 11.3. The van der Waals surface area contributed by atoms with Crippen LogP contribution in [0.5, 0.6) is 0 Å². The van der Waals surface area contributed by atoms with Crippen molar-refractivity contribution < 1.29 is 8.96 Å². The molecule has 0 amide bonds. The van der Waals surface area contributed by atoms with E-state index in [2.05, 4.69) is 56.7 Å². The zero-order chi connectivity index (χ0) is 17.6. The van der Waals surface area contributed by atoms with Crippen LogP contribution in [0.1, 0.15) is 42.0 Å². The van der Waals surface area contributed by atoms with Gasteiger partial charge in [-0.25, -0.2) is 4.39 Å². The number of halogens is 1. The Morgan fingerprint density at radius 2 is 1.67 bits per heavy atom. The summed E-state index contributed by atoms with van der Waals surface area (Å²) >= 11 is 0. The van der Waals surface area contributed by atoms with Crippen LogP contribution in [0.4, 0.5) is 4.39 Å². The van der Waals surface area contributed by atoms with Gasteiger partial charge in [0.05, 0.1) is 5.39 Å². The Morgan fingerprint density at radius 1 is 0.958 bits per heavy atom. The largest absolute Gasteiger partial charge is 0.213 e. The van der Waals surface area contributed by atoms with Crippen molar-refractivity contribution in [2.75, 3.05) is 0 Å². The molecule has 0 fully saturated rings. The number of nitrogens with zero attached hydrogens (tertiary/aromatic N) is 1. The van der Waals surface area contributed by atoms with Gasteiger partial charge in [-0.15, -0.1) is 0 Å². The van der Waals surface area contributed by atoms with Crippen molar-refractivity contribution in [2.24, 2.45) is 7.05 Å². The predicted molar refractivity (Wildman–Crippen MR) is 98.8 cm³/mol. The van der Waals surface area contributed by atoms with Gasteiger partial charge >= 0.3 is 0 Å². The molecule has 0 spiro atoms. The SMILES string of the molecule is Cc1cc(C)c(C)c(-c2ccc3c(C(C)C)c(F)ccc3[n+]2C)c1.